The molecule has 0 N–H and O–H groups in total. The highest BCUT2D eigenvalue weighted by Crippen LogP contribution is 2.23. The maximum atomic E-state index is 8.83. The predicted octanol–water partition coefficient (Wildman–Crippen LogP) is 3.32. The molecule has 1 heterocycles. The monoisotopic (exact) mass is 231 g/mol. The molecule has 0 amide bonds. The summed E-state index contributed by atoms with van der Waals surface area (Å²) < 4.78 is 2.80. The number of nitrogens with zero attached hydrogens (tertiary/aromatic N) is 1. The fraction of sp³-hybridized carbons (Fsp3) is 0.250. The fourth-order valence-electron chi connectivity index (χ4n) is 1.48. The third-order valence-corrected chi connectivity index (χ3v) is 7.08. The van der Waals surface area contributed by atoms with E-state index in [1.54, 1.807) is 0 Å². The van der Waals surface area contributed by atoms with Gasteiger partial charge in [-0.3, -0.25) is 0 Å². The number of benzene rings is 1. The molecule has 0 bridgehead atoms. The van der Waals surface area contributed by atoms with Gasteiger partial charge in [-0.1, -0.05) is 19.6 Å². The summed E-state index contributed by atoms with van der Waals surface area (Å²) in [5.41, 5.74) is 0.752. The minimum atomic E-state index is -1.21. The first-order valence-corrected chi connectivity index (χ1v) is 9.26. The Kier molecular flexibility index (Phi) is 2.41. The summed E-state index contributed by atoms with van der Waals surface area (Å²) in [4.78, 5) is 0. The molecule has 1 nitrogen and oxygen atoms in total. The van der Waals surface area contributed by atoms with Crippen molar-refractivity contribution in [3.63, 3.8) is 0 Å². The van der Waals surface area contributed by atoms with Crippen molar-refractivity contribution in [1.82, 2.24) is 0 Å². The first-order chi connectivity index (χ1) is 7.00. The van der Waals surface area contributed by atoms with Gasteiger partial charge in [-0.15, -0.1) is 11.3 Å². The number of hydrogen-bond acceptors (Lipinski definition) is 2. The highest BCUT2D eigenvalue weighted by atomic mass is 32.1. The Balaban J connectivity index is 2.62. The van der Waals surface area contributed by atoms with Gasteiger partial charge in [0.2, 0.25) is 0 Å². The van der Waals surface area contributed by atoms with E-state index in [2.05, 4.69) is 37.8 Å². The summed E-state index contributed by atoms with van der Waals surface area (Å²) in [6.07, 6.45) is 0. The van der Waals surface area contributed by atoms with Crippen molar-refractivity contribution in [2.24, 2.45) is 0 Å². The minimum Gasteiger partial charge on any atom is -0.192 e. The van der Waals surface area contributed by atoms with E-state index in [0.717, 1.165) is 5.56 Å². The zero-order chi connectivity index (χ0) is 11.1. The first-order valence-electron chi connectivity index (χ1n) is 4.95. The molecule has 0 saturated heterocycles. The van der Waals surface area contributed by atoms with Crippen LogP contribution in [-0.4, -0.2) is 8.07 Å². The van der Waals surface area contributed by atoms with E-state index in [4.69, 9.17) is 5.26 Å². The molecule has 0 unspecified atom stereocenters. The SMILES string of the molecule is C[Si](C)(C)c1cc2cc(C#N)ccc2s1. The first kappa shape index (κ1) is 10.4. The standard InChI is InChI=1S/C12H13NSSi/c1-15(2,3)12-7-10-6-9(8-13)4-5-11(10)14-12/h4-7H,1-3H3. The topological polar surface area (TPSA) is 23.8 Å². The molecule has 2 rings (SSSR count). The Bertz CT molecular complexity index is 543. The summed E-state index contributed by atoms with van der Waals surface area (Å²) in [7, 11) is -1.21. The summed E-state index contributed by atoms with van der Waals surface area (Å²) in [5.74, 6) is 0. The van der Waals surface area contributed by atoms with Crippen LogP contribution in [0.15, 0.2) is 24.3 Å². The van der Waals surface area contributed by atoms with E-state index < -0.39 is 8.07 Å². The van der Waals surface area contributed by atoms with Crippen LogP contribution in [0.1, 0.15) is 5.56 Å². The van der Waals surface area contributed by atoms with Crippen molar-refractivity contribution in [2.45, 2.75) is 19.6 Å². The molecule has 0 fully saturated rings. The molecule has 1 aromatic carbocycles. The van der Waals surface area contributed by atoms with Gasteiger partial charge < -0.3 is 0 Å². The van der Waals surface area contributed by atoms with Crippen LogP contribution in [-0.2, 0) is 0 Å². The zero-order valence-corrected chi connectivity index (χ0v) is 11.0. The number of thiophene rings is 1. The van der Waals surface area contributed by atoms with Crippen LogP contribution < -0.4 is 4.50 Å². The quantitative estimate of drug-likeness (QED) is 0.691. The van der Waals surface area contributed by atoms with Crippen LogP contribution in [0.25, 0.3) is 10.1 Å². The molecule has 0 saturated carbocycles. The lowest BCUT2D eigenvalue weighted by molar-refractivity contribution is 1.50. The molecule has 15 heavy (non-hydrogen) atoms. The van der Waals surface area contributed by atoms with Gasteiger partial charge in [0.1, 0.15) is 0 Å². The highest BCUT2D eigenvalue weighted by Gasteiger charge is 2.19. The molecule has 0 atom stereocenters. The van der Waals surface area contributed by atoms with Gasteiger partial charge in [-0.05, 0) is 34.2 Å². The number of nitriles is 1. The zero-order valence-electron chi connectivity index (χ0n) is 9.16. The van der Waals surface area contributed by atoms with Gasteiger partial charge in [0, 0.05) is 4.70 Å². The van der Waals surface area contributed by atoms with Crippen molar-refractivity contribution in [2.75, 3.05) is 0 Å². The second-order valence-corrected chi connectivity index (χ2v) is 11.2. The molecule has 0 aliphatic rings. The van der Waals surface area contributed by atoms with Gasteiger partial charge in [-0.25, -0.2) is 0 Å². The van der Waals surface area contributed by atoms with E-state index in [0.29, 0.717) is 0 Å². The van der Waals surface area contributed by atoms with Crippen LogP contribution >= 0.6 is 11.3 Å². The lowest BCUT2D eigenvalue weighted by Gasteiger charge is -2.11. The Hall–Kier alpha value is -1.11. The second kappa shape index (κ2) is 3.48. The van der Waals surface area contributed by atoms with Gasteiger partial charge in [0.25, 0.3) is 0 Å². The van der Waals surface area contributed by atoms with E-state index >= 15 is 0 Å². The van der Waals surface area contributed by atoms with Crippen LogP contribution in [0.4, 0.5) is 0 Å². The van der Waals surface area contributed by atoms with E-state index in [-0.39, 0.29) is 0 Å². The van der Waals surface area contributed by atoms with Crippen molar-refractivity contribution in [1.29, 1.82) is 5.26 Å². The average Bonchev–Trinajstić information content (AvgIpc) is 2.59. The second-order valence-electron chi connectivity index (χ2n) is 4.73. The highest BCUT2D eigenvalue weighted by molar-refractivity contribution is 7.31. The van der Waals surface area contributed by atoms with Crippen LogP contribution in [0.2, 0.25) is 19.6 Å². The molecule has 2 aromatic rings. The summed E-state index contributed by atoms with van der Waals surface area (Å²) in [6, 6.07) is 10.4. The number of fused-ring (bicyclic) bond motifs is 1. The average molecular weight is 231 g/mol. The smallest absolute Gasteiger partial charge is 0.0991 e. The third-order valence-electron chi connectivity index (χ3n) is 2.38. The molecular weight excluding hydrogens is 218 g/mol. The fourth-order valence-corrected chi connectivity index (χ4v) is 4.42. The summed E-state index contributed by atoms with van der Waals surface area (Å²) in [6.45, 7) is 7.05. The Morgan fingerprint density at radius 1 is 1.20 bits per heavy atom. The van der Waals surface area contributed by atoms with Gasteiger partial charge >= 0.3 is 0 Å². The Morgan fingerprint density at radius 2 is 1.93 bits per heavy atom. The normalized spacial score (nSPS) is 11.6. The van der Waals surface area contributed by atoms with Crippen LogP contribution in [0, 0.1) is 11.3 Å². The van der Waals surface area contributed by atoms with Gasteiger partial charge in [0.15, 0.2) is 0 Å². The number of hydrogen-bond donors (Lipinski definition) is 0. The predicted molar refractivity (Wildman–Crippen MR) is 69.5 cm³/mol. The molecule has 0 radical (unpaired) electrons. The summed E-state index contributed by atoms with van der Waals surface area (Å²) >= 11 is 1.88. The third kappa shape index (κ3) is 1.96. The Morgan fingerprint density at radius 3 is 2.53 bits per heavy atom. The van der Waals surface area contributed by atoms with Crippen molar-refractivity contribution < 1.29 is 0 Å². The maximum Gasteiger partial charge on any atom is 0.0991 e. The molecule has 0 spiro atoms. The van der Waals surface area contributed by atoms with Gasteiger partial charge in [0.05, 0.1) is 19.7 Å². The van der Waals surface area contributed by atoms with Crippen molar-refractivity contribution in [3.8, 4) is 6.07 Å². The largest absolute Gasteiger partial charge is 0.192 e. The van der Waals surface area contributed by atoms with Crippen LogP contribution in [0.5, 0.6) is 0 Å². The van der Waals surface area contributed by atoms with Gasteiger partial charge in [-0.2, -0.15) is 5.26 Å². The molecule has 3 heteroatoms. The molecular formula is C12H13NSSi. The molecule has 0 aliphatic heterocycles. The molecule has 0 aliphatic carbocycles. The number of rotatable bonds is 1. The van der Waals surface area contributed by atoms with Crippen molar-refractivity contribution >= 4 is 34.0 Å². The van der Waals surface area contributed by atoms with Crippen molar-refractivity contribution in [3.05, 3.63) is 29.8 Å². The lowest BCUT2D eigenvalue weighted by Crippen LogP contribution is -2.34. The van der Waals surface area contributed by atoms with E-state index in [1.165, 1.54) is 14.6 Å². The minimum absolute atomic E-state index is 0.752. The molecule has 1 aromatic heterocycles. The van der Waals surface area contributed by atoms with Crippen LogP contribution in [0.3, 0.4) is 0 Å². The Labute approximate surface area is 95.0 Å². The van der Waals surface area contributed by atoms with E-state index in [1.807, 2.05) is 23.5 Å². The molecule has 76 valence electrons. The lowest BCUT2D eigenvalue weighted by atomic mass is 10.2. The maximum absolute atomic E-state index is 8.83. The van der Waals surface area contributed by atoms with E-state index in [9.17, 15) is 0 Å². The summed E-state index contributed by atoms with van der Waals surface area (Å²) in [5, 5.41) is 10.0.